The summed E-state index contributed by atoms with van der Waals surface area (Å²) in [7, 11) is 0. The Balaban J connectivity index is 2.06. The molecule has 0 bridgehead atoms. The number of hydrogen-bond acceptors (Lipinski definition) is 4. The Kier molecular flexibility index (Phi) is 7.43. The summed E-state index contributed by atoms with van der Waals surface area (Å²) in [6.07, 6.45) is 2.16. The fourth-order valence-electron chi connectivity index (χ4n) is 1.38. The Labute approximate surface area is 114 Å². The van der Waals surface area contributed by atoms with Gasteiger partial charge in [0.1, 0.15) is 5.75 Å². The Hall–Kier alpha value is -1.75. The lowest BCUT2D eigenvalue weighted by Crippen LogP contribution is -2.31. The summed E-state index contributed by atoms with van der Waals surface area (Å²) >= 11 is 0. The number of anilines is 1. The van der Waals surface area contributed by atoms with E-state index in [0.717, 1.165) is 19.4 Å². The van der Waals surface area contributed by atoms with Gasteiger partial charge in [0, 0.05) is 18.8 Å². The van der Waals surface area contributed by atoms with Crippen molar-refractivity contribution in [1.29, 1.82) is 0 Å². The Morgan fingerprint density at radius 1 is 1.26 bits per heavy atom. The van der Waals surface area contributed by atoms with Crippen LogP contribution in [0.25, 0.3) is 0 Å². The van der Waals surface area contributed by atoms with Crippen LogP contribution in [-0.4, -0.2) is 32.3 Å². The molecule has 1 rings (SSSR count). The van der Waals surface area contributed by atoms with Crippen molar-refractivity contribution >= 4 is 11.6 Å². The van der Waals surface area contributed by atoms with Crippen LogP contribution in [0.5, 0.6) is 5.75 Å². The van der Waals surface area contributed by atoms with Crippen LogP contribution in [-0.2, 0) is 9.53 Å². The highest BCUT2D eigenvalue weighted by atomic mass is 16.5. The molecule has 0 aromatic heterocycles. The number of rotatable bonds is 9. The van der Waals surface area contributed by atoms with Gasteiger partial charge in [-0.15, -0.1) is 0 Å². The third kappa shape index (κ3) is 7.31. The van der Waals surface area contributed by atoms with Crippen LogP contribution in [0, 0.1) is 0 Å². The average Bonchev–Trinajstić information content (AvgIpc) is 2.42. The summed E-state index contributed by atoms with van der Waals surface area (Å²) in [5, 5.41) is 2.73. The van der Waals surface area contributed by atoms with E-state index in [9.17, 15) is 4.79 Å². The van der Waals surface area contributed by atoms with Gasteiger partial charge in [-0.25, -0.2) is 0 Å². The van der Waals surface area contributed by atoms with Crippen molar-refractivity contribution in [2.45, 2.75) is 19.8 Å². The van der Waals surface area contributed by atoms with Gasteiger partial charge in [0.05, 0.1) is 6.61 Å². The molecule has 106 valence electrons. The molecular weight excluding hydrogens is 244 g/mol. The first-order valence-corrected chi connectivity index (χ1v) is 6.55. The van der Waals surface area contributed by atoms with Crippen LogP contribution in [0.1, 0.15) is 19.8 Å². The molecule has 0 radical (unpaired) electrons. The first-order chi connectivity index (χ1) is 9.22. The van der Waals surface area contributed by atoms with E-state index in [1.54, 1.807) is 24.3 Å². The minimum Gasteiger partial charge on any atom is -0.484 e. The van der Waals surface area contributed by atoms with Gasteiger partial charge in [0.15, 0.2) is 6.61 Å². The van der Waals surface area contributed by atoms with Gasteiger partial charge in [0.2, 0.25) is 0 Å². The van der Waals surface area contributed by atoms with Crippen molar-refractivity contribution in [3.8, 4) is 5.75 Å². The van der Waals surface area contributed by atoms with E-state index in [1.807, 2.05) is 0 Å². The van der Waals surface area contributed by atoms with Crippen LogP contribution in [0.4, 0.5) is 5.69 Å². The molecule has 5 nitrogen and oxygen atoms in total. The molecule has 0 saturated heterocycles. The summed E-state index contributed by atoms with van der Waals surface area (Å²) in [6, 6.07) is 6.93. The fraction of sp³-hybridized carbons (Fsp3) is 0.500. The second kappa shape index (κ2) is 9.22. The molecule has 0 atom stereocenters. The number of nitrogen functional groups attached to an aromatic ring is 1. The van der Waals surface area contributed by atoms with E-state index < -0.39 is 0 Å². The normalized spacial score (nSPS) is 10.2. The van der Waals surface area contributed by atoms with Crippen LogP contribution in [0.15, 0.2) is 24.3 Å². The molecule has 0 unspecified atom stereocenters. The van der Waals surface area contributed by atoms with E-state index >= 15 is 0 Å². The minimum atomic E-state index is -0.157. The zero-order chi connectivity index (χ0) is 13.9. The molecule has 1 aromatic rings. The zero-order valence-corrected chi connectivity index (χ0v) is 11.4. The van der Waals surface area contributed by atoms with Gasteiger partial charge < -0.3 is 20.5 Å². The Morgan fingerprint density at radius 3 is 2.68 bits per heavy atom. The second-order valence-electron chi connectivity index (χ2n) is 4.17. The molecule has 0 saturated carbocycles. The molecule has 3 N–H and O–H groups in total. The molecule has 19 heavy (non-hydrogen) atoms. The average molecular weight is 266 g/mol. The number of ether oxygens (including phenoxy) is 2. The predicted octanol–water partition coefficient (Wildman–Crippen LogP) is 1.58. The van der Waals surface area contributed by atoms with E-state index in [2.05, 4.69) is 12.2 Å². The number of carbonyl (C=O) groups is 1. The van der Waals surface area contributed by atoms with Gasteiger partial charge in [-0.3, -0.25) is 4.79 Å². The van der Waals surface area contributed by atoms with E-state index in [-0.39, 0.29) is 12.5 Å². The molecule has 0 heterocycles. The fourth-order valence-corrected chi connectivity index (χ4v) is 1.38. The van der Waals surface area contributed by atoms with E-state index in [1.165, 1.54) is 0 Å². The summed E-state index contributed by atoms with van der Waals surface area (Å²) in [5.74, 6) is 0.472. The van der Waals surface area contributed by atoms with E-state index in [4.69, 9.17) is 15.2 Å². The lowest BCUT2D eigenvalue weighted by Gasteiger charge is -2.08. The molecular formula is C14H22N2O3. The topological polar surface area (TPSA) is 73.6 Å². The van der Waals surface area contributed by atoms with Crippen molar-refractivity contribution in [1.82, 2.24) is 5.32 Å². The summed E-state index contributed by atoms with van der Waals surface area (Å²) in [6.45, 7) is 3.90. The maximum atomic E-state index is 11.5. The van der Waals surface area contributed by atoms with Gasteiger partial charge in [-0.05, 0) is 30.7 Å². The molecule has 0 spiro atoms. The summed E-state index contributed by atoms with van der Waals surface area (Å²) in [4.78, 5) is 11.5. The van der Waals surface area contributed by atoms with Crippen LogP contribution in [0.2, 0.25) is 0 Å². The molecule has 0 aliphatic heterocycles. The lowest BCUT2D eigenvalue weighted by atomic mass is 10.3. The van der Waals surface area contributed by atoms with Crippen molar-refractivity contribution in [3.63, 3.8) is 0 Å². The SMILES string of the molecule is CCCCOCCNC(=O)COc1ccc(N)cc1. The molecule has 1 amide bonds. The maximum Gasteiger partial charge on any atom is 0.258 e. The molecule has 1 aromatic carbocycles. The van der Waals surface area contributed by atoms with Crippen molar-refractivity contribution in [2.75, 3.05) is 32.1 Å². The summed E-state index contributed by atoms with van der Waals surface area (Å²) in [5.41, 5.74) is 6.22. The number of nitrogens with one attached hydrogen (secondary N) is 1. The summed E-state index contributed by atoms with van der Waals surface area (Å²) < 4.78 is 10.6. The molecule has 0 fully saturated rings. The third-order valence-electron chi connectivity index (χ3n) is 2.46. The highest BCUT2D eigenvalue weighted by Crippen LogP contribution is 2.12. The predicted molar refractivity (Wildman–Crippen MR) is 75.1 cm³/mol. The number of nitrogens with two attached hydrogens (primary N) is 1. The number of amides is 1. The zero-order valence-electron chi connectivity index (χ0n) is 11.4. The number of hydrogen-bond donors (Lipinski definition) is 2. The quantitative estimate of drug-likeness (QED) is 0.526. The van der Waals surface area contributed by atoms with Crippen LogP contribution < -0.4 is 15.8 Å². The van der Waals surface area contributed by atoms with Crippen molar-refractivity contribution in [3.05, 3.63) is 24.3 Å². The lowest BCUT2D eigenvalue weighted by molar-refractivity contribution is -0.123. The van der Waals surface area contributed by atoms with E-state index in [0.29, 0.717) is 24.6 Å². The third-order valence-corrected chi connectivity index (χ3v) is 2.46. The largest absolute Gasteiger partial charge is 0.484 e. The maximum absolute atomic E-state index is 11.5. The van der Waals surface area contributed by atoms with Gasteiger partial charge in [-0.2, -0.15) is 0 Å². The number of carbonyl (C=O) groups excluding carboxylic acids is 1. The highest BCUT2D eigenvalue weighted by molar-refractivity contribution is 5.77. The van der Waals surface area contributed by atoms with Crippen molar-refractivity contribution < 1.29 is 14.3 Å². The standard InChI is InChI=1S/C14H22N2O3/c1-2-3-9-18-10-8-16-14(17)11-19-13-6-4-12(15)5-7-13/h4-7H,2-3,8-11,15H2,1H3,(H,16,17). The molecule has 5 heteroatoms. The molecule has 0 aliphatic rings. The van der Waals surface area contributed by atoms with Gasteiger partial charge >= 0.3 is 0 Å². The Morgan fingerprint density at radius 2 is 2.00 bits per heavy atom. The highest BCUT2D eigenvalue weighted by Gasteiger charge is 2.01. The van der Waals surface area contributed by atoms with Crippen molar-refractivity contribution in [2.24, 2.45) is 0 Å². The first kappa shape index (κ1) is 15.3. The van der Waals surface area contributed by atoms with Gasteiger partial charge in [0.25, 0.3) is 5.91 Å². The number of benzene rings is 1. The van der Waals surface area contributed by atoms with Crippen LogP contribution >= 0.6 is 0 Å². The Bertz CT molecular complexity index is 365. The smallest absolute Gasteiger partial charge is 0.258 e. The van der Waals surface area contributed by atoms with Gasteiger partial charge in [-0.1, -0.05) is 13.3 Å². The van der Waals surface area contributed by atoms with Crippen LogP contribution in [0.3, 0.4) is 0 Å². The molecule has 0 aliphatic carbocycles. The monoisotopic (exact) mass is 266 g/mol. The minimum absolute atomic E-state index is 0.00111. The first-order valence-electron chi connectivity index (χ1n) is 6.55. The number of unbranched alkanes of at least 4 members (excludes halogenated alkanes) is 1. The second-order valence-corrected chi connectivity index (χ2v) is 4.17.